The Kier molecular flexibility index (Phi) is 9.20. The van der Waals surface area contributed by atoms with Gasteiger partial charge in [-0.05, 0) is 24.8 Å². The molecule has 2 rings (SSSR count). The quantitative estimate of drug-likeness (QED) is 0.195. The van der Waals surface area contributed by atoms with Crippen molar-refractivity contribution in [2.75, 3.05) is 39.9 Å². The molecule has 1 aromatic carbocycles. The van der Waals surface area contributed by atoms with E-state index >= 15 is 0 Å². The van der Waals surface area contributed by atoms with Crippen LogP contribution in [0.15, 0.2) is 29.3 Å². The Morgan fingerprint density at radius 3 is 2.57 bits per heavy atom. The van der Waals surface area contributed by atoms with Crippen molar-refractivity contribution in [1.29, 1.82) is 0 Å². The number of guanidine groups is 1. The average molecular weight is 391 g/mol. The van der Waals surface area contributed by atoms with Crippen molar-refractivity contribution >= 4 is 17.6 Å². The fourth-order valence-corrected chi connectivity index (χ4v) is 2.91. The zero-order chi connectivity index (χ0) is 20.2. The van der Waals surface area contributed by atoms with E-state index in [1.54, 1.807) is 19.2 Å². The van der Waals surface area contributed by atoms with Crippen LogP contribution in [-0.2, 0) is 16.1 Å². The van der Waals surface area contributed by atoms with Gasteiger partial charge in [-0.15, -0.1) is 0 Å². The van der Waals surface area contributed by atoms with Crippen molar-refractivity contribution < 1.29 is 14.5 Å². The number of nitrogens with zero attached hydrogens (tertiary/aromatic N) is 3. The second-order valence-corrected chi connectivity index (χ2v) is 6.63. The Labute approximate surface area is 165 Å². The molecule has 1 saturated heterocycles. The SMILES string of the molecule is COCCCNC(=NCc1ccc([N+](=O)[O-])cc1)NCCCN1CCCC1=O. The number of amides is 1. The number of aliphatic imine (C=N–C) groups is 1. The van der Waals surface area contributed by atoms with Crippen LogP contribution in [0, 0.1) is 10.1 Å². The van der Waals surface area contributed by atoms with Crippen LogP contribution >= 0.6 is 0 Å². The summed E-state index contributed by atoms with van der Waals surface area (Å²) in [5, 5.41) is 17.3. The molecule has 28 heavy (non-hydrogen) atoms. The van der Waals surface area contributed by atoms with Gasteiger partial charge in [0.1, 0.15) is 0 Å². The first-order valence-corrected chi connectivity index (χ1v) is 9.62. The van der Waals surface area contributed by atoms with E-state index in [9.17, 15) is 14.9 Å². The highest BCUT2D eigenvalue weighted by molar-refractivity contribution is 5.80. The van der Waals surface area contributed by atoms with Gasteiger partial charge < -0.3 is 20.3 Å². The fraction of sp³-hybridized carbons (Fsp3) is 0.579. The van der Waals surface area contributed by atoms with E-state index in [1.165, 1.54) is 12.1 Å². The topological polar surface area (TPSA) is 109 Å². The number of nitrogens with one attached hydrogen (secondary N) is 2. The first-order chi connectivity index (χ1) is 13.6. The Morgan fingerprint density at radius 1 is 1.25 bits per heavy atom. The molecule has 9 heteroatoms. The van der Waals surface area contributed by atoms with Crippen LogP contribution in [-0.4, -0.2) is 61.6 Å². The third-order valence-corrected chi connectivity index (χ3v) is 4.45. The maximum absolute atomic E-state index is 11.6. The van der Waals surface area contributed by atoms with E-state index in [2.05, 4.69) is 15.6 Å². The summed E-state index contributed by atoms with van der Waals surface area (Å²) in [6, 6.07) is 6.39. The molecular formula is C19H29N5O4. The minimum atomic E-state index is -0.414. The molecule has 0 bridgehead atoms. The normalized spacial score (nSPS) is 14.4. The molecule has 0 unspecified atom stereocenters. The largest absolute Gasteiger partial charge is 0.385 e. The third kappa shape index (κ3) is 7.51. The predicted molar refractivity (Wildman–Crippen MR) is 107 cm³/mol. The molecule has 2 N–H and O–H groups in total. The summed E-state index contributed by atoms with van der Waals surface area (Å²) in [6.07, 6.45) is 3.32. The monoisotopic (exact) mass is 391 g/mol. The number of likely N-dealkylation sites (tertiary alicyclic amines) is 1. The van der Waals surface area contributed by atoms with Crippen LogP contribution in [0.2, 0.25) is 0 Å². The van der Waals surface area contributed by atoms with Gasteiger partial charge in [0.05, 0.1) is 11.5 Å². The Morgan fingerprint density at radius 2 is 1.96 bits per heavy atom. The van der Waals surface area contributed by atoms with Crippen LogP contribution < -0.4 is 10.6 Å². The van der Waals surface area contributed by atoms with Gasteiger partial charge in [0.25, 0.3) is 5.69 Å². The van der Waals surface area contributed by atoms with Gasteiger partial charge in [0.2, 0.25) is 5.91 Å². The lowest BCUT2D eigenvalue weighted by molar-refractivity contribution is -0.384. The number of hydrogen-bond donors (Lipinski definition) is 2. The number of rotatable bonds is 11. The standard InChI is InChI=1S/C19H29N5O4/c1-28-14-4-11-21-19(20-10-3-13-23-12-2-5-18(23)25)22-15-16-6-8-17(9-7-16)24(26)27/h6-9H,2-5,10-15H2,1H3,(H2,20,21,22). The van der Waals surface area contributed by atoms with Crippen molar-refractivity contribution in [2.45, 2.75) is 32.2 Å². The molecule has 0 radical (unpaired) electrons. The molecule has 1 aliphatic heterocycles. The van der Waals surface area contributed by atoms with Gasteiger partial charge in [-0.25, -0.2) is 4.99 Å². The van der Waals surface area contributed by atoms with E-state index in [-0.39, 0.29) is 11.6 Å². The molecule has 1 aromatic rings. The van der Waals surface area contributed by atoms with E-state index in [0.717, 1.165) is 44.5 Å². The number of nitro benzene ring substituents is 1. The van der Waals surface area contributed by atoms with Crippen molar-refractivity contribution in [3.63, 3.8) is 0 Å². The van der Waals surface area contributed by atoms with Gasteiger partial charge in [0.15, 0.2) is 5.96 Å². The summed E-state index contributed by atoms with van der Waals surface area (Å²) >= 11 is 0. The lowest BCUT2D eigenvalue weighted by Crippen LogP contribution is -2.39. The highest BCUT2D eigenvalue weighted by Crippen LogP contribution is 2.12. The molecule has 154 valence electrons. The zero-order valence-electron chi connectivity index (χ0n) is 16.4. The van der Waals surface area contributed by atoms with Crippen LogP contribution in [0.5, 0.6) is 0 Å². The number of methoxy groups -OCH3 is 1. The fourth-order valence-electron chi connectivity index (χ4n) is 2.91. The summed E-state index contributed by atoms with van der Waals surface area (Å²) in [5.74, 6) is 0.923. The minimum Gasteiger partial charge on any atom is -0.385 e. The molecule has 1 amide bonds. The van der Waals surface area contributed by atoms with Crippen LogP contribution in [0.4, 0.5) is 5.69 Å². The molecular weight excluding hydrogens is 362 g/mol. The highest BCUT2D eigenvalue weighted by atomic mass is 16.6. The summed E-state index contributed by atoms with van der Waals surface area (Å²) in [4.78, 5) is 28.4. The molecule has 1 fully saturated rings. The van der Waals surface area contributed by atoms with Gasteiger partial charge in [-0.2, -0.15) is 0 Å². The molecule has 0 spiro atoms. The van der Waals surface area contributed by atoms with E-state index < -0.39 is 4.92 Å². The molecule has 1 aliphatic rings. The number of ether oxygens (including phenoxy) is 1. The van der Waals surface area contributed by atoms with Crippen molar-refractivity contribution in [3.05, 3.63) is 39.9 Å². The summed E-state index contributed by atoms with van der Waals surface area (Å²) < 4.78 is 5.06. The van der Waals surface area contributed by atoms with Crippen molar-refractivity contribution in [3.8, 4) is 0 Å². The number of benzene rings is 1. The summed E-state index contributed by atoms with van der Waals surface area (Å²) in [7, 11) is 1.67. The molecule has 1 heterocycles. The van der Waals surface area contributed by atoms with Crippen molar-refractivity contribution in [2.24, 2.45) is 4.99 Å². The van der Waals surface area contributed by atoms with Gasteiger partial charge in [0, 0.05) is 58.4 Å². The van der Waals surface area contributed by atoms with Gasteiger partial charge in [-0.3, -0.25) is 14.9 Å². The van der Waals surface area contributed by atoms with E-state index in [4.69, 9.17) is 4.74 Å². The van der Waals surface area contributed by atoms with Gasteiger partial charge >= 0.3 is 0 Å². The maximum atomic E-state index is 11.6. The molecule has 0 saturated carbocycles. The number of hydrogen-bond acceptors (Lipinski definition) is 5. The Hall–Kier alpha value is -2.68. The first kappa shape index (κ1) is 21.6. The summed E-state index contributed by atoms with van der Waals surface area (Å²) in [6.45, 7) is 4.13. The zero-order valence-corrected chi connectivity index (χ0v) is 16.4. The van der Waals surface area contributed by atoms with Crippen LogP contribution in [0.25, 0.3) is 0 Å². The van der Waals surface area contributed by atoms with E-state index in [0.29, 0.717) is 32.1 Å². The Bertz CT molecular complexity index is 663. The van der Waals surface area contributed by atoms with Crippen LogP contribution in [0.1, 0.15) is 31.2 Å². The van der Waals surface area contributed by atoms with Crippen LogP contribution in [0.3, 0.4) is 0 Å². The average Bonchev–Trinajstić information content (AvgIpc) is 3.11. The third-order valence-electron chi connectivity index (χ3n) is 4.45. The highest BCUT2D eigenvalue weighted by Gasteiger charge is 2.18. The number of nitro groups is 1. The lowest BCUT2D eigenvalue weighted by Gasteiger charge is -2.17. The van der Waals surface area contributed by atoms with E-state index in [1.807, 2.05) is 4.90 Å². The number of non-ortho nitro benzene ring substituents is 1. The predicted octanol–water partition coefficient (Wildman–Crippen LogP) is 1.68. The van der Waals surface area contributed by atoms with Gasteiger partial charge in [-0.1, -0.05) is 12.1 Å². The van der Waals surface area contributed by atoms with Crippen molar-refractivity contribution in [1.82, 2.24) is 15.5 Å². The molecule has 9 nitrogen and oxygen atoms in total. The first-order valence-electron chi connectivity index (χ1n) is 9.62. The number of carbonyl (C=O) groups is 1. The maximum Gasteiger partial charge on any atom is 0.269 e. The minimum absolute atomic E-state index is 0.0697. The second kappa shape index (κ2) is 11.9. The lowest BCUT2D eigenvalue weighted by atomic mass is 10.2. The molecule has 0 atom stereocenters. The smallest absolute Gasteiger partial charge is 0.269 e. The molecule has 0 aliphatic carbocycles. The second-order valence-electron chi connectivity index (χ2n) is 6.63. The molecule has 0 aromatic heterocycles. The summed E-state index contributed by atoms with van der Waals surface area (Å²) in [5.41, 5.74) is 0.964. The Balaban J connectivity index is 1.83. The number of carbonyl (C=O) groups excluding carboxylic acids is 1.